The molecule has 1 unspecified atom stereocenters. The highest BCUT2D eigenvalue weighted by Crippen LogP contribution is 2.20. The lowest BCUT2D eigenvalue weighted by Crippen LogP contribution is -2.09. The standard InChI is InChI=1S/C10H9BrClNO/c11-8-3-1-2-7(4-8)10-5-9(6-12)14-13-10/h1-4,9H,5-6H2. The fraction of sp³-hybridized carbons (Fsp3) is 0.300. The second-order valence-corrected chi connectivity index (χ2v) is 4.36. The van der Waals surface area contributed by atoms with Gasteiger partial charge in [0, 0.05) is 16.5 Å². The van der Waals surface area contributed by atoms with E-state index in [1.54, 1.807) is 0 Å². The minimum atomic E-state index is 0.0330. The van der Waals surface area contributed by atoms with E-state index < -0.39 is 0 Å². The van der Waals surface area contributed by atoms with Crippen molar-refractivity contribution in [2.45, 2.75) is 12.5 Å². The Morgan fingerprint density at radius 2 is 2.43 bits per heavy atom. The zero-order valence-electron chi connectivity index (χ0n) is 7.41. The summed E-state index contributed by atoms with van der Waals surface area (Å²) < 4.78 is 1.05. The zero-order chi connectivity index (χ0) is 9.97. The van der Waals surface area contributed by atoms with Gasteiger partial charge in [-0.25, -0.2) is 0 Å². The highest BCUT2D eigenvalue weighted by Gasteiger charge is 2.20. The molecule has 1 heterocycles. The molecule has 2 rings (SSSR count). The first-order valence-corrected chi connectivity index (χ1v) is 5.67. The van der Waals surface area contributed by atoms with Gasteiger partial charge in [0.05, 0.1) is 11.6 Å². The van der Waals surface area contributed by atoms with Crippen LogP contribution in [0.2, 0.25) is 0 Å². The van der Waals surface area contributed by atoms with Crippen molar-refractivity contribution in [3.63, 3.8) is 0 Å². The van der Waals surface area contributed by atoms with Gasteiger partial charge in [-0.1, -0.05) is 33.2 Å². The average molecular weight is 275 g/mol. The van der Waals surface area contributed by atoms with Crippen LogP contribution >= 0.6 is 27.5 Å². The molecule has 0 N–H and O–H groups in total. The number of hydrogen-bond donors (Lipinski definition) is 0. The second-order valence-electron chi connectivity index (χ2n) is 3.13. The first-order chi connectivity index (χ1) is 6.79. The van der Waals surface area contributed by atoms with Gasteiger partial charge in [-0.15, -0.1) is 11.6 Å². The SMILES string of the molecule is ClCC1CC(c2cccc(Br)c2)=NO1. The molecule has 0 amide bonds. The van der Waals surface area contributed by atoms with Crippen molar-refractivity contribution >= 4 is 33.2 Å². The predicted octanol–water partition coefficient (Wildman–Crippen LogP) is 3.18. The first-order valence-electron chi connectivity index (χ1n) is 4.34. The number of nitrogens with zero attached hydrogens (tertiary/aromatic N) is 1. The van der Waals surface area contributed by atoms with Crippen molar-refractivity contribution in [3.8, 4) is 0 Å². The molecule has 0 aliphatic carbocycles. The highest BCUT2D eigenvalue weighted by atomic mass is 79.9. The van der Waals surface area contributed by atoms with Crippen LogP contribution in [0.4, 0.5) is 0 Å². The van der Waals surface area contributed by atoms with Gasteiger partial charge in [0.2, 0.25) is 0 Å². The van der Waals surface area contributed by atoms with Gasteiger partial charge in [0.1, 0.15) is 6.10 Å². The van der Waals surface area contributed by atoms with Crippen molar-refractivity contribution in [1.29, 1.82) is 0 Å². The Labute approximate surface area is 96.0 Å². The quantitative estimate of drug-likeness (QED) is 0.759. The second kappa shape index (κ2) is 4.32. The normalized spacial score (nSPS) is 20.4. The van der Waals surface area contributed by atoms with Crippen LogP contribution in [-0.4, -0.2) is 17.7 Å². The summed E-state index contributed by atoms with van der Waals surface area (Å²) in [7, 11) is 0. The largest absolute Gasteiger partial charge is 0.391 e. The summed E-state index contributed by atoms with van der Waals surface area (Å²) in [5.74, 6) is 0.487. The molecule has 1 aromatic rings. The number of halogens is 2. The maximum atomic E-state index is 5.68. The number of hydrogen-bond acceptors (Lipinski definition) is 2. The van der Waals surface area contributed by atoms with Crippen LogP contribution in [-0.2, 0) is 4.84 Å². The molecular formula is C10H9BrClNO. The van der Waals surface area contributed by atoms with Gasteiger partial charge in [0.15, 0.2) is 0 Å². The van der Waals surface area contributed by atoms with E-state index in [2.05, 4.69) is 21.1 Å². The molecule has 74 valence electrons. The van der Waals surface area contributed by atoms with E-state index in [4.69, 9.17) is 16.4 Å². The van der Waals surface area contributed by atoms with E-state index in [1.165, 1.54) is 0 Å². The molecule has 0 saturated heterocycles. The molecule has 14 heavy (non-hydrogen) atoms. The van der Waals surface area contributed by atoms with Gasteiger partial charge >= 0.3 is 0 Å². The third-order valence-corrected chi connectivity index (χ3v) is 2.90. The average Bonchev–Trinajstić information content (AvgIpc) is 2.66. The van der Waals surface area contributed by atoms with Crippen LogP contribution in [0.3, 0.4) is 0 Å². The van der Waals surface area contributed by atoms with Gasteiger partial charge < -0.3 is 4.84 Å². The smallest absolute Gasteiger partial charge is 0.146 e. The van der Waals surface area contributed by atoms with Gasteiger partial charge in [-0.3, -0.25) is 0 Å². The van der Waals surface area contributed by atoms with Crippen molar-refractivity contribution in [2.24, 2.45) is 5.16 Å². The molecule has 4 heteroatoms. The topological polar surface area (TPSA) is 21.6 Å². The van der Waals surface area contributed by atoms with Crippen LogP contribution in [0.5, 0.6) is 0 Å². The molecule has 0 aromatic heterocycles. The lowest BCUT2D eigenvalue weighted by atomic mass is 10.1. The number of alkyl halides is 1. The third-order valence-electron chi connectivity index (χ3n) is 2.06. The van der Waals surface area contributed by atoms with Crippen LogP contribution in [0.1, 0.15) is 12.0 Å². The zero-order valence-corrected chi connectivity index (χ0v) is 9.75. The fourth-order valence-electron chi connectivity index (χ4n) is 1.35. The summed E-state index contributed by atoms with van der Waals surface area (Å²) in [4.78, 5) is 5.15. The number of oxime groups is 1. The Hall–Kier alpha value is -0.540. The molecule has 2 nitrogen and oxygen atoms in total. The van der Waals surface area contributed by atoms with Crippen molar-refractivity contribution < 1.29 is 4.84 Å². The first kappa shape index (κ1) is 9.99. The molecular weight excluding hydrogens is 265 g/mol. The van der Waals surface area contributed by atoms with Crippen molar-refractivity contribution in [1.82, 2.24) is 0 Å². The van der Waals surface area contributed by atoms with Crippen LogP contribution in [0, 0.1) is 0 Å². The van der Waals surface area contributed by atoms with Crippen LogP contribution < -0.4 is 0 Å². The maximum absolute atomic E-state index is 5.68. The molecule has 0 bridgehead atoms. The molecule has 1 atom stereocenters. The Kier molecular flexibility index (Phi) is 3.08. The van der Waals surface area contributed by atoms with Gasteiger partial charge in [0.25, 0.3) is 0 Å². The van der Waals surface area contributed by atoms with Crippen molar-refractivity contribution in [2.75, 3.05) is 5.88 Å². The summed E-state index contributed by atoms with van der Waals surface area (Å²) in [5, 5.41) is 4.01. The Morgan fingerprint density at radius 1 is 1.57 bits per heavy atom. The van der Waals surface area contributed by atoms with Crippen LogP contribution in [0.15, 0.2) is 33.9 Å². The fourth-order valence-corrected chi connectivity index (χ4v) is 1.91. The van der Waals surface area contributed by atoms with E-state index in [1.807, 2.05) is 24.3 Å². The molecule has 1 aliphatic heterocycles. The Morgan fingerprint density at radius 3 is 3.07 bits per heavy atom. The molecule has 1 aromatic carbocycles. The van der Waals surface area contributed by atoms with Gasteiger partial charge in [-0.05, 0) is 12.1 Å². The lowest BCUT2D eigenvalue weighted by Gasteiger charge is -2.01. The summed E-state index contributed by atoms with van der Waals surface area (Å²) in [5.41, 5.74) is 2.06. The minimum absolute atomic E-state index is 0.0330. The summed E-state index contributed by atoms with van der Waals surface area (Å²) in [6, 6.07) is 8.01. The monoisotopic (exact) mass is 273 g/mol. The van der Waals surface area contributed by atoms with E-state index in [0.29, 0.717) is 5.88 Å². The third kappa shape index (κ3) is 2.10. The summed E-state index contributed by atoms with van der Waals surface area (Å²) >= 11 is 9.10. The molecule has 0 saturated carbocycles. The molecule has 0 radical (unpaired) electrons. The van der Waals surface area contributed by atoms with Crippen LogP contribution in [0.25, 0.3) is 0 Å². The minimum Gasteiger partial charge on any atom is -0.391 e. The predicted molar refractivity (Wildman–Crippen MR) is 60.9 cm³/mol. The van der Waals surface area contributed by atoms with Crippen molar-refractivity contribution in [3.05, 3.63) is 34.3 Å². The lowest BCUT2D eigenvalue weighted by molar-refractivity contribution is 0.102. The Bertz CT molecular complexity index is 367. The van der Waals surface area contributed by atoms with E-state index in [9.17, 15) is 0 Å². The maximum Gasteiger partial charge on any atom is 0.146 e. The van der Waals surface area contributed by atoms with Gasteiger partial charge in [-0.2, -0.15) is 0 Å². The number of benzene rings is 1. The number of rotatable bonds is 2. The summed E-state index contributed by atoms with van der Waals surface area (Å²) in [6.07, 6.45) is 0.825. The molecule has 0 spiro atoms. The van der Waals surface area contributed by atoms with E-state index in [-0.39, 0.29) is 6.10 Å². The molecule has 0 fully saturated rings. The summed E-state index contributed by atoms with van der Waals surface area (Å²) in [6.45, 7) is 0. The van der Waals surface area contributed by atoms with E-state index >= 15 is 0 Å². The Balaban J connectivity index is 2.17. The van der Waals surface area contributed by atoms with E-state index in [0.717, 1.165) is 22.2 Å². The highest BCUT2D eigenvalue weighted by molar-refractivity contribution is 9.10. The molecule has 1 aliphatic rings.